The first kappa shape index (κ1) is 16.1. The van der Waals surface area contributed by atoms with Crippen LogP contribution in [0, 0.1) is 0 Å². The molecule has 1 aliphatic rings. The third-order valence-electron chi connectivity index (χ3n) is 3.91. The summed E-state index contributed by atoms with van der Waals surface area (Å²) in [5.74, 6) is 0.898. The van der Waals surface area contributed by atoms with E-state index in [2.05, 4.69) is 29.3 Å². The molecule has 0 unspecified atom stereocenters. The van der Waals surface area contributed by atoms with Gasteiger partial charge in [0.1, 0.15) is 12.4 Å². The number of hydrogen-bond acceptors (Lipinski definition) is 4. The fourth-order valence-electron chi connectivity index (χ4n) is 2.74. The number of likely N-dealkylation sites (tertiary alicyclic amines) is 1. The molecule has 0 atom stereocenters. The molecule has 1 heterocycles. The van der Waals surface area contributed by atoms with E-state index in [4.69, 9.17) is 9.47 Å². The number of ether oxygens (including phenoxy) is 2. The van der Waals surface area contributed by atoms with Crippen molar-refractivity contribution in [1.29, 1.82) is 0 Å². The summed E-state index contributed by atoms with van der Waals surface area (Å²) >= 11 is 0. The van der Waals surface area contributed by atoms with Gasteiger partial charge in [-0.15, -0.1) is 0 Å². The highest BCUT2D eigenvalue weighted by Gasteiger charge is 2.18. The smallest absolute Gasteiger partial charge is 0.119 e. The molecular formula is C17H28N2O2. The topological polar surface area (TPSA) is 33.7 Å². The van der Waals surface area contributed by atoms with Crippen LogP contribution in [-0.4, -0.2) is 50.9 Å². The standard InChI is InChI=1S/C17H28N2O2/c1-3-10-19-11-8-16(9-12-19)18-15-4-6-17(7-5-15)21-14-13-20-2/h4-7,16,18H,3,8-14H2,1-2H3. The van der Waals surface area contributed by atoms with Crippen molar-refractivity contribution in [3.8, 4) is 5.75 Å². The van der Waals surface area contributed by atoms with E-state index in [0.717, 1.165) is 5.75 Å². The fraction of sp³-hybridized carbons (Fsp3) is 0.647. The first-order valence-corrected chi connectivity index (χ1v) is 8.02. The molecular weight excluding hydrogens is 264 g/mol. The normalized spacial score (nSPS) is 16.9. The Morgan fingerprint density at radius 2 is 1.86 bits per heavy atom. The minimum absolute atomic E-state index is 0.596. The second-order valence-corrected chi connectivity index (χ2v) is 5.63. The van der Waals surface area contributed by atoms with Gasteiger partial charge in [-0.25, -0.2) is 0 Å². The van der Waals surface area contributed by atoms with Gasteiger partial charge in [0.15, 0.2) is 0 Å². The van der Waals surface area contributed by atoms with E-state index in [-0.39, 0.29) is 0 Å². The molecule has 0 spiro atoms. The zero-order valence-corrected chi connectivity index (χ0v) is 13.3. The Labute approximate surface area is 128 Å². The van der Waals surface area contributed by atoms with Crippen molar-refractivity contribution >= 4 is 5.69 Å². The molecule has 0 radical (unpaired) electrons. The number of nitrogens with one attached hydrogen (secondary N) is 1. The van der Waals surface area contributed by atoms with Crippen LogP contribution in [0.2, 0.25) is 0 Å². The summed E-state index contributed by atoms with van der Waals surface area (Å²) in [6.07, 6.45) is 3.71. The van der Waals surface area contributed by atoms with Crippen molar-refractivity contribution in [2.75, 3.05) is 45.3 Å². The highest BCUT2D eigenvalue weighted by Crippen LogP contribution is 2.20. The molecule has 1 aromatic carbocycles. The molecule has 0 saturated carbocycles. The van der Waals surface area contributed by atoms with Crippen LogP contribution < -0.4 is 10.1 Å². The van der Waals surface area contributed by atoms with Crippen LogP contribution in [0.1, 0.15) is 26.2 Å². The average molecular weight is 292 g/mol. The number of anilines is 1. The lowest BCUT2D eigenvalue weighted by Crippen LogP contribution is -2.39. The monoisotopic (exact) mass is 292 g/mol. The SMILES string of the molecule is CCCN1CCC(Nc2ccc(OCCOC)cc2)CC1. The van der Waals surface area contributed by atoms with E-state index in [1.54, 1.807) is 7.11 Å². The van der Waals surface area contributed by atoms with Gasteiger partial charge in [0.25, 0.3) is 0 Å². The second-order valence-electron chi connectivity index (χ2n) is 5.63. The Bertz CT molecular complexity index is 386. The van der Waals surface area contributed by atoms with Crippen molar-refractivity contribution in [2.45, 2.75) is 32.2 Å². The number of piperidine rings is 1. The van der Waals surface area contributed by atoms with E-state index in [1.807, 2.05) is 12.1 Å². The molecule has 1 fully saturated rings. The summed E-state index contributed by atoms with van der Waals surface area (Å²) in [6, 6.07) is 8.83. The molecule has 1 saturated heterocycles. The van der Waals surface area contributed by atoms with E-state index in [9.17, 15) is 0 Å². The summed E-state index contributed by atoms with van der Waals surface area (Å²) in [4.78, 5) is 2.56. The quantitative estimate of drug-likeness (QED) is 0.747. The molecule has 1 aromatic rings. The maximum Gasteiger partial charge on any atom is 0.119 e. The number of nitrogens with zero attached hydrogens (tertiary/aromatic N) is 1. The van der Waals surface area contributed by atoms with Crippen molar-refractivity contribution < 1.29 is 9.47 Å². The molecule has 1 N–H and O–H groups in total. The lowest BCUT2D eigenvalue weighted by Gasteiger charge is -2.32. The summed E-state index contributed by atoms with van der Waals surface area (Å²) in [5.41, 5.74) is 1.18. The number of benzene rings is 1. The Kier molecular flexibility index (Phi) is 6.83. The minimum Gasteiger partial charge on any atom is -0.491 e. The predicted molar refractivity (Wildman–Crippen MR) is 87.2 cm³/mol. The summed E-state index contributed by atoms with van der Waals surface area (Å²) in [6.45, 7) is 7.13. The van der Waals surface area contributed by atoms with Gasteiger partial charge in [0.2, 0.25) is 0 Å². The largest absolute Gasteiger partial charge is 0.491 e. The molecule has 1 aliphatic heterocycles. The van der Waals surface area contributed by atoms with Crippen LogP contribution in [0.3, 0.4) is 0 Å². The molecule has 0 aromatic heterocycles. The highest BCUT2D eigenvalue weighted by atomic mass is 16.5. The van der Waals surface area contributed by atoms with Gasteiger partial charge in [-0.1, -0.05) is 6.92 Å². The highest BCUT2D eigenvalue weighted by molar-refractivity contribution is 5.47. The van der Waals surface area contributed by atoms with Crippen molar-refractivity contribution in [3.63, 3.8) is 0 Å². The Hall–Kier alpha value is -1.26. The van der Waals surface area contributed by atoms with E-state index < -0.39 is 0 Å². The van der Waals surface area contributed by atoms with Gasteiger partial charge in [-0.3, -0.25) is 0 Å². The zero-order chi connectivity index (χ0) is 14.9. The molecule has 4 nitrogen and oxygen atoms in total. The van der Waals surface area contributed by atoms with Gasteiger partial charge >= 0.3 is 0 Å². The Morgan fingerprint density at radius 1 is 1.14 bits per heavy atom. The van der Waals surface area contributed by atoms with Crippen LogP contribution in [0.15, 0.2) is 24.3 Å². The van der Waals surface area contributed by atoms with Crippen LogP contribution in [0.25, 0.3) is 0 Å². The zero-order valence-electron chi connectivity index (χ0n) is 13.3. The maximum absolute atomic E-state index is 5.57. The lowest BCUT2D eigenvalue weighted by atomic mass is 10.0. The van der Waals surface area contributed by atoms with E-state index in [0.29, 0.717) is 19.3 Å². The van der Waals surface area contributed by atoms with Crippen LogP contribution in [0.5, 0.6) is 5.75 Å². The van der Waals surface area contributed by atoms with Crippen molar-refractivity contribution in [2.24, 2.45) is 0 Å². The van der Waals surface area contributed by atoms with Gasteiger partial charge < -0.3 is 19.7 Å². The molecule has 0 aliphatic carbocycles. The third kappa shape index (κ3) is 5.56. The van der Waals surface area contributed by atoms with Crippen LogP contribution >= 0.6 is 0 Å². The Balaban J connectivity index is 1.73. The van der Waals surface area contributed by atoms with E-state index in [1.165, 1.54) is 44.6 Å². The summed E-state index contributed by atoms with van der Waals surface area (Å²) < 4.78 is 10.5. The van der Waals surface area contributed by atoms with Gasteiger partial charge in [-0.05, 0) is 50.1 Å². The summed E-state index contributed by atoms with van der Waals surface area (Å²) in [7, 11) is 1.68. The number of rotatable bonds is 8. The first-order valence-electron chi connectivity index (χ1n) is 8.02. The van der Waals surface area contributed by atoms with Gasteiger partial charge in [-0.2, -0.15) is 0 Å². The Morgan fingerprint density at radius 3 is 2.48 bits per heavy atom. The average Bonchev–Trinajstić information content (AvgIpc) is 2.51. The van der Waals surface area contributed by atoms with Crippen LogP contribution in [0.4, 0.5) is 5.69 Å². The lowest BCUT2D eigenvalue weighted by molar-refractivity contribution is 0.146. The molecule has 0 bridgehead atoms. The second kappa shape index (κ2) is 8.90. The van der Waals surface area contributed by atoms with Crippen LogP contribution in [-0.2, 0) is 4.74 Å². The predicted octanol–water partition coefficient (Wildman–Crippen LogP) is 3.00. The molecule has 2 rings (SSSR count). The molecule has 21 heavy (non-hydrogen) atoms. The van der Waals surface area contributed by atoms with Gasteiger partial charge in [0.05, 0.1) is 6.61 Å². The maximum atomic E-state index is 5.57. The molecule has 4 heteroatoms. The van der Waals surface area contributed by atoms with Gasteiger partial charge in [0, 0.05) is 31.9 Å². The molecule has 0 amide bonds. The molecule has 118 valence electrons. The summed E-state index contributed by atoms with van der Waals surface area (Å²) in [5, 5.41) is 3.63. The number of hydrogen-bond donors (Lipinski definition) is 1. The van der Waals surface area contributed by atoms with E-state index >= 15 is 0 Å². The number of methoxy groups -OCH3 is 1. The van der Waals surface area contributed by atoms with Crippen molar-refractivity contribution in [1.82, 2.24) is 4.90 Å². The fourth-order valence-corrected chi connectivity index (χ4v) is 2.74. The minimum atomic E-state index is 0.596. The first-order chi connectivity index (χ1) is 10.3. The third-order valence-corrected chi connectivity index (χ3v) is 3.91. The van der Waals surface area contributed by atoms with Crippen molar-refractivity contribution in [3.05, 3.63) is 24.3 Å².